The zero-order chi connectivity index (χ0) is 38.4. The summed E-state index contributed by atoms with van der Waals surface area (Å²) < 4.78 is 0. The molecule has 0 aromatic carbocycles. The number of thioether (sulfide) groups is 1. The number of nitrogens with zero attached hydrogens (tertiary/aromatic N) is 2. The molecular formula is C37H64N6O8S. The Morgan fingerprint density at radius 2 is 1.33 bits per heavy atom. The summed E-state index contributed by atoms with van der Waals surface area (Å²) in [5, 5.41) is 32.0. The molecule has 0 spiro atoms. The standard InChI is InChI=1S/C37H64N6O8S/c1-6-18-38-35(49)31(24(4)44)41-33(47)28-16-12-20-42(28)36(50)26(17-21-52-5)39-32(46)27-15-10-11-19-43(27)37(51)30(23(2)3)40-34(48)29(45)22-25-13-8-7-9-14-25/h23-31,44-45H,6-22H2,1-5H3,(H,38,49)(H,39,46)(H,40,48)(H,41,47)/t24?,26-,27-,28-,29-,30-,31-/m0/s1. The first kappa shape index (κ1) is 43.5. The van der Waals surface area contributed by atoms with Gasteiger partial charge in [-0.25, -0.2) is 0 Å². The molecule has 3 fully saturated rings. The summed E-state index contributed by atoms with van der Waals surface area (Å²) in [6, 6.07) is -4.81. The Hall–Kier alpha value is -2.91. The third kappa shape index (κ3) is 12.3. The maximum atomic E-state index is 14.1. The molecule has 2 aliphatic heterocycles. The van der Waals surface area contributed by atoms with Gasteiger partial charge in [-0.1, -0.05) is 52.9 Å². The van der Waals surface area contributed by atoms with Crippen molar-refractivity contribution in [1.82, 2.24) is 31.1 Å². The number of carbonyl (C=O) groups excluding carboxylic acids is 6. The second-order valence-corrected chi connectivity index (χ2v) is 16.1. The van der Waals surface area contributed by atoms with Crippen LogP contribution in [0.5, 0.6) is 0 Å². The fraction of sp³-hybridized carbons (Fsp3) is 0.838. The van der Waals surface area contributed by atoms with E-state index in [0.29, 0.717) is 76.8 Å². The number of piperidine rings is 1. The van der Waals surface area contributed by atoms with E-state index in [4.69, 9.17) is 0 Å². The van der Waals surface area contributed by atoms with Crippen LogP contribution in [0, 0.1) is 11.8 Å². The summed E-state index contributed by atoms with van der Waals surface area (Å²) in [4.78, 5) is 84.2. The van der Waals surface area contributed by atoms with Gasteiger partial charge in [0.2, 0.25) is 35.4 Å². The molecule has 14 nitrogen and oxygen atoms in total. The number of aliphatic hydroxyl groups excluding tert-OH is 2. The van der Waals surface area contributed by atoms with Gasteiger partial charge in [0.25, 0.3) is 0 Å². The predicted molar refractivity (Wildman–Crippen MR) is 200 cm³/mol. The molecule has 15 heteroatoms. The van der Waals surface area contributed by atoms with Crippen LogP contribution >= 0.6 is 11.8 Å². The van der Waals surface area contributed by atoms with Gasteiger partial charge in [-0.3, -0.25) is 28.8 Å². The first-order valence-corrected chi connectivity index (χ1v) is 20.8. The SMILES string of the molecule is CCCNC(=O)[C@@H](NC(=O)[C@@H]1CCCN1C(=O)[C@H](CCSC)NC(=O)[C@@H]1CCCCN1C(=O)[C@@H](NC(=O)[C@@H](O)CC1CCCCC1)C(C)C)C(C)O. The number of aliphatic hydroxyl groups is 2. The van der Waals surface area contributed by atoms with Crippen molar-refractivity contribution < 1.29 is 39.0 Å². The molecule has 7 atom stereocenters. The summed E-state index contributed by atoms with van der Waals surface area (Å²) >= 11 is 1.51. The molecule has 296 valence electrons. The number of hydrogen-bond acceptors (Lipinski definition) is 9. The van der Waals surface area contributed by atoms with E-state index >= 15 is 0 Å². The van der Waals surface area contributed by atoms with E-state index in [1.54, 1.807) is 0 Å². The molecule has 6 amide bonds. The molecule has 0 radical (unpaired) electrons. The van der Waals surface area contributed by atoms with Crippen molar-refractivity contribution in [2.24, 2.45) is 11.8 Å². The van der Waals surface area contributed by atoms with E-state index in [1.165, 1.54) is 34.9 Å². The highest BCUT2D eigenvalue weighted by atomic mass is 32.2. The fourth-order valence-corrected chi connectivity index (χ4v) is 8.00. The Kier molecular flexibility index (Phi) is 18.2. The van der Waals surface area contributed by atoms with Crippen molar-refractivity contribution in [2.45, 2.75) is 154 Å². The number of carbonyl (C=O) groups is 6. The first-order valence-electron chi connectivity index (χ1n) is 19.4. The summed E-state index contributed by atoms with van der Waals surface area (Å²) in [5.74, 6) is -2.39. The minimum Gasteiger partial charge on any atom is -0.391 e. The minimum absolute atomic E-state index is 0.281. The van der Waals surface area contributed by atoms with Crippen LogP contribution in [-0.2, 0) is 28.8 Å². The molecule has 0 bridgehead atoms. The summed E-state index contributed by atoms with van der Waals surface area (Å²) in [5.41, 5.74) is 0. The maximum absolute atomic E-state index is 14.1. The topological polar surface area (TPSA) is 197 Å². The monoisotopic (exact) mass is 752 g/mol. The molecule has 52 heavy (non-hydrogen) atoms. The fourth-order valence-electron chi connectivity index (χ4n) is 7.53. The lowest BCUT2D eigenvalue weighted by Crippen LogP contribution is -2.62. The Bertz CT molecular complexity index is 1210. The average molecular weight is 753 g/mol. The smallest absolute Gasteiger partial charge is 0.249 e. The van der Waals surface area contributed by atoms with Crippen LogP contribution in [0.3, 0.4) is 0 Å². The lowest BCUT2D eigenvalue weighted by molar-refractivity contribution is -0.148. The van der Waals surface area contributed by atoms with E-state index in [9.17, 15) is 39.0 Å². The lowest BCUT2D eigenvalue weighted by atomic mass is 9.85. The van der Waals surface area contributed by atoms with E-state index in [-0.39, 0.29) is 11.8 Å². The second-order valence-electron chi connectivity index (χ2n) is 15.1. The molecule has 6 N–H and O–H groups in total. The van der Waals surface area contributed by atoms with Crippen molar-refractivity contribution in [3.05, 3.63) is 0 Å². The molecule has 3 rings (SSSR count). The Morgan fingerprint density at radius 1 is 0.731 bits per heavy atom. The highest BCUT2D eigenvalue weighted by molar-refractivity contribution is 7.98. The number of amides is 6. The van der Waals surface area contributed by atoms with E-state index in [0.717, 1.165) is 25.7 Å². The van der Waals surface area contributed by atoms with Gasteiger partial charge in [0.1, 0.15) is 36.3 Å². The number of rotatable bonds is 18. The highest BCUT2D eigenvalue weighted by Crippen LogP contribution is 2.28. The molecule has 3 aliphatic rings. The molecule has 2 heterocycles. The number of hydrogen-bond donors (Lipinski definition) is 6. The van der Waals surface area contributed by atoms with Gasteiger partial charge in [-0.15, -0.1) is 0 Å². The van der Waals surface area contributed by atoms with E-state index < -0.39 is 77.9 Å². The second kappa shape index (κ2) is 21.7. The van der Waals surface area contributed by atoms with Crippen LogP contribution in [0.4, 0.5) is 0 Å². The normalized spacial score (nSPS) is 22.5. The van der Waals surface area contributed by atoms with Crippen molar-refractivity contribution >= 4 is 47.2 Å². The van der Waals surface area contributed by atoms with Crippen molar-refractivity contribution in [2.75, 3.05) is 31.6 Å². The Labute approximate surface area is 313 Å². The Morgan fingerprint density at radius 3 is 1.94 bits per heavy atom. The number of nitrogens with one attached hydrogen (secondary N) is 4. The van der Waals surface area contributed by atoms with E-state index in [2.05, 4.69) is 21.3 Å². The number of likely N-dealkylation sites (tertiary alicyclic amines) is 2. The van der Waals surface area contributed by atoms with Gasteiger partial charge in [0, 0.05) is 19.6 Å². The van der Waals surface area contributed by atoms with E-state index in [1.807, 2.05) is 27.0 Å². The van der Waals surface area contributed by atoms with Gasteiger partial charge in [-0.05, 0) is 82.1 Å². The van der Waals surface area contributed by atoms with Gasteiger partial charge >= 0.3 is 0 Å². The van der Waals surface area contributed by atoms with Crippen molar-refractivity contribution in [3.8, 4) is 0 Å². The third-order valence-corrected chi connectivity index (χ3v) is 11.2. The van der Waals surface area contributed by atoms with Crippen LogP contribution in [0.2, 0.25) is 0 Å². The van der Waals surface area contributed by atoms with Crippen LogP contribution in [0.1, 0.15) is 111 Å². The quantitative estimate of drug-likeness (QED) is 0.120. The van der Waals surface area contributed by atoms with Crippen LogP contribution in [0.25, 0.3) is 0 Å². The molecule has 0 aromatic heterocycles. The Balaban J connectivity index is 1.72. The molecule has 2 saturated heterocycles. The van der Waals surface area contributed by atoms with Crippen LogP contribution < -0.4 is 21.3 Å². The summed E-state index contributed by atoms with van der Waals surface area (Å²) in [7, 11) is 0. The predicted octanol–water partition coefficient (Wildman–Crippen LogP) is 1.46. The zero-order valence-corrected chi connectivity index (χ0v) is 32.7. The maximum Gasteiger partial charge on any atom is 0.249 e. The third-order valence-electron chi connectivity index (χ3n) is 10.6. The minimum atomic E-state index is -1.21. The van der Waals surface area contributed by atoms with Crippen molar-refractivity contribution in [3.63, 3.8) is 0 Å². The molecule has 0 aromatic rings. The van der Waals surface area contributed by atoms with Crippen LogP contribution in [-0.4, -0.2) is 130 Å². The average Bonchev–Trinajstić information content (AvgIpc) is 3.63. The molecule has 1 aliphatic carbocycles. The van der Waals surface area contributed by atoms with Crippen LogP contribution in [0.15, 0.2) is 0 Å². The lowest BCUT2D eigenvalue weighted by Gasteiger charge is -2.39. The molecular weight excluding hydrogens is 689 g/mol. The summed E-state index contributed by atoms with van der Waals surface area (Å²) in [6.45, 7) is 7.94. The zero-order valence-electron chi connectivity index (χ0n) is 31.9. The largest absolute Gasteiger partial charge is 0.391 e. The molecule has 1 saturated carbocycles. The first-order chi connectivity index (χ1) is 24.8. The van der Waals surface area contributed by atoms with Gasteiger partial charge < -0.3 is 41.3 Å². The summed E-state index contributed by atoms with van der Waals surface area (Å²) in [6.07, 6.45) is 8.87. The van der Waals surface area contributed by atoms with Crippen molar-refractivity contribution in [1.29, 1.82) is 0 Å². The van der Waals surface area contributed by atoms with Gasteiger partial charge in [0.05, 0.1) is 6.10 Å². The highest BCUT2D eigenvalue weighted by Gasteiger charge is 2.42. The van der Waals surface area contributed by atoms with Gasteiger partial charge in [-0.2, -0.15) is 11.8 Å². The van der Waals surface area contributed by atoms with Gasteiger partial charge in [0.15, 0.2) is 0 Å². The molecule has 1 unspecified atom stereocenters.